The number of anilines is 1. The standard InChI is InChI=1S/C24H21N9/c1-16(2)31-21-8-23(33-24-18(11-30-33)7-17(9-25)10-28-24)27-12-20(21)22-14-32(15-29-22)13-19-5-3-4-6-26-19/h3-8,10-12,14-16H,13H2,1-2H3,(H,27,31). The van der Waals surface area contributed by atoms with E-state index in [2.05, 4.69) is 50.3 Å². The van der Waals surface area contributed by atoms with Gasteiger partial charge >= 0.3 is 0 Å². The summed E-state index contributed by atoms with van der Waals surface area (Å²) < 4.78 is 3.67. The van der Waals surface area contributed by atoms with Gasteiger partial charge in [-0.3, -0.25) is 4.98 Å². The Morgan fingerprint density at radius 1 is 1.06 bits per heavy atom. The minimum atomic E-state index is 0.209. The first kappa shape index (κ1) is 20.3. The van der Waals surface area contributed by atoms with Crippen LogP contribution in [-0.2, 0) is 6.54 Å². The van der Waals surface area contributed by atoms with Crippen LogP contribution in [0.25, 0.3) is 28.1 Å². The number of pyridine rings is 3. The van der Waals surface area contributed by atoms with Crippen molar-refractivity contribution in [3.8, 4) is 23.1 Å². The van der Waals surface area contributed by atoms with Gasteiger partial charge in [-0.25, -0.2) is 15.0 Å². The fourth-order valence-electron chi connectivity index (χ4n) is 3.61. The molecule has 0 atom stereocenters. The Bertz CT molecular complexity index is 1460. The highest BCUT2D eigenvalue weighted by Gasteiger charge is 2.15. The van der Waals surface area contributed by atoms with Crippen molar-refractivity contribution in [2.45, 2.75) is 26.4 Å². The number of nitrogens with one attached hydrogen (secondary N) is 1. The van der Waals surface area contributed by atoms with E-state index in [1.807, 2.05) is 35.0 Å². The van der Waals surface area contributed by atoms with Gasteiger partial charge in [0.25, 0.3) is 0 Å². The van der Waals surface area contributed by atoms with Gasteiger partial charge in [-0.05, 0) is 32.0 Å². The van der Waals surface area contributed by atoms with Gasteiger partial charge in [0.05, 0.1) is 36.0 Å². The molecule has 0 aromatic carbocycles. The zero-order valence-electron chi connectivity index (χ0n) is 18.2. The van der Waals surface area contributed by atoms with Crippen molar-refractivity contribution in [3.05, 3.63) is 78.9 Å². The lowest BCUT2D eigenvalue weighted by Crippen LogP contribution is -2.12. The molecule has 1 N–H and O–H groups in total. The summed E-state index contributed by atoms with van der Waals surface area (Å²) in [5.41, 5.74) is 4.71. The van der Waals surface area contributed by atoms with E-state index in [1.54, 1.807) is 35.7 Å². The predicted molar refractivity (Wildman–Crippen MR) is 125 cm³/mol. The smallest absolute Gasteiger partial charge is 0.164 e. The van der Waals surface area contributed by atoms with Crippen LogP contribution in [0.2, 0.25) is 0 Å². The first-order chi connectivity index (χ1) is 16.1. The summed E-state index contributed by atoms with van der Waals surface area (Å²) in [5, 5.41) is 17.8. The lowest BCUT2D eigenvalue weighted by molar-refractivity contribution is 0.773. The van der Waals surface area contributed by atoms with E-state index in [1.165, 1.54) is 6.20 Å². The highest BCUT2D eigenvalue weighted by atomic mass is 15.3. The summed E-state index contributed by atoms with van der Waals surface area (Å²) in [6.07, 6.45) is 10.6. The van der Waals surface area contributed by atoms with Gasteiger partial charge in [0.15, 0.2) is 11.5 Å². The molecule has 5 aromatic rings. The fourth-order valence-corrected chi connectivity index (χ4v) is 3.61. The summed E-state index contributed by atoms with van der Waals surface area (Å²) in [5.74, 6) is 0.627. The van der Waals surface area contributed by atoms with Crippen molar-refractivity contribution in [1.82, 2.24) is 34.3 Å². The Hall–Kier alpha value is -4.58. The van der Waals surface area contributed by atoms with Crippen LogP contribution >= 0.6 is 0 Å². The number of nitriles is 1. The van der Waals surface area contributed by atoms with E-state index >= 15 is 0 Å². The highest BCUT2D eigenvalue weighted by Crippen LogP contribution is 2.29. The molecular formula is C24H21N9. The van der Waals surface area contributed by atoms with Gasteiger partial charge in [-0.1, -0.05) is 6.07 Å². The first-order valence-electron chi connectivity index (χ1n) is 10.5. The minimum absolute atomic E-state index is 0.209. The zero-order chi connectivity index (χ0) is 22.8. The third kappa shape index (κ3) is 4.14. The van der Waals surface area contributed by atoms with Crippen LogP contribution in [0.5, 0.6) is 0 Å². The number of hydrogen-bond donors (Lipinski definition) is 1. The molecule has 5 heterocycles. The van der Waals surface area contributed by atoms with Crippen LogP contribution in [0, 0.1) is 11.3 Å². The minimum Gasteiger partial charge on any atom is -0.382 e. The van der Waals surface area contributed by atoms with Gasteiger partial charge in [0, 0.05) is 53.5 Å². The fraction of sp³-hybridized carbons (Fsp3) is 0.167. The number of aromatic nitrogens is 7. The molecule has 0 radical (unpaired) electrons. The molecule has 0 bridgehead atoms. The first-order valence-corrected chi connectivity index (χ1v) is 10.5. The summed E-state index contributed by atoms with van der Waals surface area (Å²) in [4.78, 5) is 18.0. The van der Waals surface area contributed by atoms with Crippen LogP contribution in [0.4, 0.5) is 5.69 Å². The Morgan fingerprint density at radius 2 is 1.97 bits per heavy atom. The number of imidazole rings is 1. The second kappa shape index (κ2) is 8.51. The molecule has 0 aliphatic rings. The van der Waals surface area contributed by atoms with Crippen LogP contribution in [0.15, 0.2) is 67.6 Å². The summed E-state index contributed by atoms with van der Waals surface area (Å²) in [6, 6.07) is 11.9. The SMILES string of the molecule is CC(C)Nc1cc(-n2ncc3cc(C#N)cnc32)ncc1-c1cn(Cc2ccccn2)cn1. The molecule has 0 aliphatic heterocycles. The molecule has 0 saturated carbocycles. The van der Waals surface area contributed by atoms with Crippen molar-refractivity contribution in [2.75, 3.05) is 5.32 Å². The molecule has 9 nitrogen and oxygen atoms in total. The van der Waals surface area contributed by atoms with Crippen molar-refractivity contribution in [2.24, 2.45) is 0 Å². The second-order valence-electron chi connectivity index (χ2n) is 7.94. The Morgan fingerprint density at radius 3 is 2.76 bits per heavy atom. The van der Waals surface area contributed by atoms with Gasteiger partial charge in [-0.2, -0.15) is 15.0 Å². The van der Waals surface area contributed by atoms with Crippen molar-refractivity contribution in [3.63, 3.8) is 0 Å². The molecule has 5 aromatic heterocycles. The number of nitrogens with zero attached hydrogens (tertiary/aromatic N) is 8. The number of hydrogen-bond acceptors (Lipinski definition) is 7. The molecule has 0 unspecified atom stereocenters. The Balaban J connectivity index is 1.52. The van der Waals surface area contributed by atoms with E-state index in [-0.39, 0.29) is 6.04 Å². The second-order valence-corrected chi connectivity index (χ2v) is 7.94. The topological polar surface area (TPSA) is 110 Å². The number of rotatable bonds is 6. The van der Waals surface area contributed by atoms with Crippen molar-refractivity contribution in [1.29, 1.82) is 5.26 Å². The average molecular weight is 435 g/mol. The maximum absolute atomic E-state index is 9.12. The van der Waals surface area contributed by atoms with E-state index < -0.39 is 0 Å². The van der Waals surface area contributed by atoms with Crippen molar-refractivity contribution >= 4 is 16.7 Å². The van der Waals surface area contributed by atoms with Gasteiger partial charge in [-0.15, -0.1) is 0 Å². The summed E-state index contributed by atoms with van der Waals surface area (Å²) in [7, 11) is 0. The normalized spacial score (nSPS) is 11.1. The monoisotopic (exact) mass is 435 g/mol. The van der Waals surface area contributed by atoms with Gasteiger partial charge in [0.2, 0.25) is 0 Å². The third-order valence-electron chi connectivity index (χ3n) is 5.07. The molecule has 0 fully saturated rings. The third-order valence-corrected chi connectivity index (χ3v) is 5.07. The molecule has 0 amide bonds. The Kier molecular flexibility index (Phi) is 5.24. The average Bonchev–Trinajstić information content (AvgIpc) is 3.46. The lowest BCUT2D eigenvalue weighted by atomic mass is 10.1. The van der Waals surface area contributed by atoms with E-state index in [0.717, 1.165) is 28.0 Å². The van der Waals surface area contributed by atoms with Crippen LogP contribution < -0.4 is 5.32 Å². The molecule has 0 aliphatic carbocycles. The molecule has 0 saturated heterocycles. The van der Waals surface area contributed by atoms with Crippen LogP contribution in [0.3, 0.4) is 0 Å². The quantitative estimate of drug-likeness (QED) is 0.432. The van der Waals surface area contributed by atoms with E-state index in [4.69, 9.17) is 5.26 Å². The van der Waals surface area contributed by atoms with Crippen LogP contribution in [-0.4, -0.2) is 40.3 Å². The largest absolute Gasteiger partial charge is 0.382 e. The Labute approximate surface area is 190 Å². The molecule has 0 spiro atoms. The lowest BCUT2D eigenvalue weighted by Gasteiger charge is -2.15. The summed E-state index contributed by atoms with van der Waals surface area (Å²) >= 11 is 0. The number of fused-ring (bicyclic) bond motifs is 1. The summed E-state index contributed by atoms with van der Waals surface area (Å²) in [6.45, 7) is 4.80. The zero-order valence-corrected chi connectivity index (χ0v) is 18.2. The molecule has 162 valence electrons. The molecule has 33 heavy (non-hydrogen) atoms. The van der Waals surface area contributed by atoms with Crippen molar-refractivity contribution < 1.29 is 0 Å². The maximum atomic E-state index is 9.12. The maximum Gasteiger partial charge on any atom is 0.164 e. The predicted octanol–water partition coefficient (Wildman–Crippen LogP) is 3.81. The molecule has 5 rings (SSSR count). The van der Waals surface area contributed by atoms with Crippen LogP contribution in [0.1, 0.15) is 25.1 Å². The van der Waals surface area contributed by atoms with Gasteiger partial charge in [0.1, 0.15) is 6.07 Å². The van der Waals surface area contributed by atoms with E-state index in [9.17, 15) is 0 Å². The van der Waals surface area contributed by atoms with Gasteiger partial charge < -0.3 is 9.88 Å². The molecular weight excluding hydrogens is 414 g/mol. The van der Waals surface area contributed by atoms with E-state index in [0.29, 0.717) is 23.6 Å². The highest BCUT2D eigenvalue weighted by molar-refractivity contribution is 5.79. The molecule has 9 heteroatoms.